The molecule has 5 nitrogen and oxygen atoms in total. The maximum Gasteiger partial charge on any atom is 0.251 e. The predicted octanol–water partition coefficient (Wildman–Crippen LogP) is 3.66. The van der Waals surface area contributed by atoms with E-state index < -0.39 is 0 Å². The van der Waals surface area contributed by atoms with Crippen LogP contribution in [0.15, 0.2) is 42.5 Å². The number of carbonyl (C=O) groups excluding carboxylic acids is 1. The van der Waals surface area contributed by atoms with Gasteiger partial charge >= 0.3 is 0 Å². The lowest BCUT2D eigenvalue weighted by Crippen LogP contribution is -2.26. The molecule has 1 aliphatic heterocycles. The molecule has 1 aliphatic rings. The van der Waals surface area contributed by atoms with Crippen LogP contribution in [-0.2, 0) is 6.61 Å². The summed E-state index contributed by atoms with van der Waals surface area (Å²) in [6.07, 6.45) is 2.18. The molecule has 0 radical (unpaired) electrons. The fourth-order valence-corrected chi connectivity index (χ4v) is 3.25. The van der Waals surface area contributed by atoms with Crippen molar-refractivity contribution >= 4 is 17.5 Å². The van der Waals surface area contributed by atoms with Crippen LogP contribution < -0.4 is 20.1 Å². The van der Waals surface area contributed by atoms with Crippen LogP contribution in [0.4, 0.5) is 0 Å². The summed E-state index contributed by atoms with van der Waals surface area (Å²) in [5.74, 6) is 1.70. The molecule has 1 fully saturated rings. The Balaban J connectivity index is 1.55. The van der Waals surface area contributed by atoms with Crippen molar-refractivity contribution in [2.75, 3.05) is 26.7 Å². The van der Waals surface area contributed by atoms with Gasteiger partial charge in [0.2, 0.25) is 0 Å². The van der Waals surface area contributed by atoms with E-state index in [0.717, 1.165) is 25.1 Å². The molecule has 6 heteroatoms. The van der Waals surface area contributed by atoms with Gasteiger partial charge in [-0.2, -0.15) is 0 Å². The van der Waals surface area contributed by atoms with E-state index in [4.69, 9.17) is 21.1 Å². The van der Waals surface area contributed by atoms with Crippen molar-refractivity contribution in [3.05, 3.63) is 58.6 Å². The van der Waals surface area contributed by atoms with Gasteiger partial charge in [-0.15, -0.1) is 0 Å². The number of rotatable bonds is 8. The monoisotopic (exact) mass is 388 g/mol. The minimum absolute atomic E-state index is 0.0940. The second-order valence-electron chi connectivity index (χ2n) is 6.68. The highest BCUT2D eigenvalue weighted by Gasteiger charge is 2.15. The number of amides is 1. The Morgan fingerprint density at radius 1 is 1.22 bits per heavy atom. The third-order valence-electron chi connectivity index (χ3n) is 4.73. The topological polar surface area (TPSA) is 59.6 Å². The van der Waals surface area contributed by atoms with Crippen LogP contribution in [0.25, 0.3) is 0 Å². The minimum atomic E-state index is -0.0940. The summed E-state index contributed by atoms with van der Waals surface area (Å²) < 4.78 is 11.2. The fraction of sp³-hybridized carbons (Fsp3) is 0.381. The quantitative estimate of drug-likeness (QED) is 0.724. The highest BCUT2D eigenvalue weighted by atomic mass is 35.5. The number of halogens is 1. The molecule has 2 N–H and O–H groups in total. The fourth-order valence-electron chi connectivity index (χ4n) is 3.12. The van der Waals surface area contributed by atoms with Crippen LogP contribution in [0.1, 0.15) is 28.8 Å². The van der Waals surface area contributed by atoms with Gasteiger partial charge in [0.25, 0.3) is 5.91 Å². The van der Waals surface area contributed by atoms with Crippen molar-refractivity contribution in [3.8, 4) is 11.5 Å². The molecule has 144 valence electrons. The molecular weight excluding hydrogens is 364 g/mol. The van der Waals surface area contributed by atoms with Gasteiger partial charge in [0.15, 0.2) is 11.5 Å². The Morgan fingerprint density at radius 3 is 2.74 bits per heavy atom. The van der Waals surface area contributed by atoms with E-state index >= 15 is 0 Å². The Bertz CT molecular complexity index is 759. The maximum atomic E-state index is 12.4. The van der Waals surface area contributed by atoms with Crippen molar-refractivity contribution < 1.29 is 14.3 Å². The molecule has 0 bridgehead atoms. The van der Waals surface area contributed by atoms with Crippen molar-refractivity contribution in [1.82, 2.24) is 10.6 Å². The molecule has 1 saturated heterocycles. The normalized spacial score (nSPS) is 16.1. The molecule has 2 aromatic carbocycles. The number of hydrogen-bond donors (Lipinski definition) is 2. The van der Waals surface area contributed by atoms with E-state index in [1.165, 1.54) is 6.42 Å². The average molecular weight is 389 g/mol. The lowest BCUT2D eigenvalue weighted by Gasteiger charge is -2.13. The van der Waals surface area contributed by atoms with Crippen LogP contribution >= 0.6 is 11.6 Å². The Morgan fingerprint density at radius 2 is 2.04 bits per heavy atom. The van der Waals surface area contributed by atoms with Crippen molar-refractivity contribution in [1.29, 1.82) is 0 Å². The molecule has 1 atom stereocenters. The van der Waals surface area contributed by atoms with Gasteiger partial charge in [-0.1, -0.05) is 23.7 Å². The summed E-state index contributed by atoms with van der Waals surface area (Å²) in [4.78, 5) is 12.4. The zero-order valence-corrected chi connectivity index (χ0v) is 16.2. The van der Waals surface area contributed by atoms with E-state index in [0.29, 0.717) is 41.2 Å². The van der Waals surface area contributed by atoms with Crippen LogP contribution in [0.3, 0.4) is 0 Å². The first-order chi connectivity index (χ1) is 13.2. The van der Waals surface area contributed by atoms with Crippen molar-refractivity contribution in [3.63, 3.8) is 0 Å². The van der Waals surface area contributed by atoms with E-state index in [1.807, 2.05) is 24.3 Å². The van der Waals surface area contributed by atoms with Gasteiger partial charge in [-0.25, -0.2) is 0 Å². The smallest absolute Gasteiger partial charge is 0.251 e. The predicted molar refractivity (Wildman–Crippen MR) is 107 cm³/mol. The standard InChI is InChI=1S/C21H25ClN2O3/c1-26-20-12-17(21(25)24-11-9-15-8-10-23-13-15)4-7-19(20)27-14-16-2-5-18(22)6-3-16/h2-7,12,15,23H,8-11,13-14H2,1H3,(H,24,25). The number of ether oxygens (including phenoxy) is 2. The maximum absolute atomic E-state index is 12.4. The summed E-state index contributed by atoms with van der Waals surface area (Å²) in [5, 5.41) is 7.02. The molecule has 0 aromatic heterocycles. The molecule has 27 heavy (non-hydrogen) atoms. The zero-order valence-electron chi connectivity index (χ0n) is 15.5. The average Bonchev–Trinajstić information content (AvgIpc) is 3.21. The van der Waals surface area contributed by atoms with Gasteiger partial charge in [-0.05, 0) is 67.7 Å². The van der Waals surface area contributed by atoms with Crippen molar-refractivity contribution in [2.24, 2.45) is 5.92 Å². The van der Waals surface area contributed by atoms with Crippen LogP contribution in [-0.4, -0.2) is 32.7 Å². The Kier molecular flexibility index (Phi) is 6.96. The number of carbonyl (C=O) groups is 1. The zero-order chi connectivity index (χ0) is 19.1. The second kappa shape index (κ2) is 9.62. The summed E-state index contributed by atoms with van der Waals surface area (Å²) in [6, 6.07) is 12.7. The third kappa shape index (κ3) is 5.62. The largest absolute Gasteiger partial charge is 0.493 e. The second-order valence-corrected chi connectivity index (χ2v) is 7.12. The number of benzene rings is 2. The van der Waals surface area contributed by atoms with Gasteiger partial charge in [-0.3, -0.25) is 4.79 Å². The first-order valence-corrected chi connectivity index (χ1v) is 9.57. The SMILES string of the molecule is COc1cc(C(=O)NCCC2CCNC2)ccc1OCc1ccc(Cl)cc1. The summed E-state index contributed by atoms with van der Waals surface area (Å²) >= 11 is 5.89. The van der Waals surface area contributed by atoms with Crippen LogP contribution in [0, 0.1) is 5.92 Å². The highest BCUT2D eigenvalue weighted by Crippen LogP contribution is 2.29. The van der Waals surface area contributed by atoms with Gasteiger partial charge in [0.05, 0.1) is 7.11 Å². The van der Waals surface area contributed by atoms with Crippen molar-refractivity contribution in [2.45, 2.75) is 19.4 Å². The summed E-state index contributed by atoms with van der Waals surface area (Å²) in [5.41, 5.74) is 1.57. The Labute approximate surface area is 165 Å². The number of hydrogen-bond acceptors (Lipinski definition) is 4. The molecule has 3 rings (SSSR count). The number of nitrogens with one attached hydrogen (secondary N) is 2. The lowest BCUT2D eigenvalue weighted by atomic mass is 10.1. The first kappa shape index (κ1) is 19.5. The van der Waals surface area contributed by atoms with E-state index in [1.54, 1.807) is 25.3 Å². The Hall–Kier alpha value is -2.24. The van der Waals surface area contributed by atoms with Gasteiger partial charge in [0, 0.05) is 17.1 Å². The summed E-state index contributed by atoms with van der Waals surface area (Å²) in [6.45, 7) is 3.20. The van der Waals surface area contributed by atoms with E-state index in [9.17, 15) is 4.79 Å². The van der Waals surface area contributed by atoms with Crippen LogP contribution in [0.2, 0.25) is 5.02 Å². The molecule has 0 saturated carbocycles. The molecule has 1 heterocycles. The molecule has 2 aromatic rings. The van der Waals surface area contributed by atoms with Gasteiger partial charge in [0.1, 0.15) is 6.61 Å². The molecule has 1 amide bonds. The molecule has 0 spiro atoms. The lowest BCUT2D eigenvalue weighted by molar-refractivity contribution is 0.0951. The number of methoxy groups -OCH3 is 1. The third-order valence-corrected chi connectivity index (χ3v) is 4.99. The van der Waals surface area contributed by atoms with Gasteiger partial charge < -0.3 is 20.1 Å². The van der Waals surface area contributed by atoms with E-state index in [2.05, 4.69) is 10.6 Å². The molecule has 0 aliphatic carbocycles. The summed E-state index contributed by atoms with van der Waals surface area (Å²) in [7, 11) is 1.57. The minimum Gasteiger partial charge on any atom is -0.493 e. The highest BCUT2D eigenvalue weighted by molar-refractivity contribution is 6.30. The first-order valence-electron chi connectivity index (χ1n) is 9.20. The molecule has 1 unspecified atom stereocenters. The molecular formula is C21H25ClN2O3. The van der Waals surface area contributed by atoms with E-state index in [-0.39, 0.29) is 5.91 Å². The van der Waals surface area contributed by atoms with Crippen LogP contribution in [0.5, 0.6) is 11.5 Å².